The average Bonchev–Trinajstić information content (AvgIpc) is 2.28. The van der Waals surface area contributed by atoms with Crippen molar-refractivity contribution in [3.8, 4) is 0 Å². The van der Waals surface area contributed by atoms with Crippen molar-refractivity contribution in [1.82, 2.24) is 5.32 Å². The number of carbonyl (C=O) groups excluding carboxylic acids is 1. The number of nitrogens with one attached hydrogen (secondary N) is 1. The molecule has 0 aliphatic carbocycles. The quantitative estimate of drug-likeness (QED) is 0.839. The second-order valence-corrected chi connectivity index (χ2v) is 4.95. The summed E-state index contributed by atoms with van der Waals surface area (Å²) in [5, 5.41) is 3.33. The number of Topliss-reactive ketones (excluding diaryl/α,β-unsaturated/α-hetero) is 1. The molecule has 0 bridgehead atoms. The monoisotopic (exact) mass is 253 g/mol. The van der Waals surface area contributed by atoms with Crippen LogP contribution in [0.3, 0.4) is 0 Å². The molecule has 98 valence electrons. The molecule has 0 spiro atoms. The highest BCUT2D eigenvalue weighted by Crippen LogP contribution is 2.18. The zero-order chi connectivity index (χ0) is 13.1. The molecule has 0 aromatic heterocycles. The highest BCUT2D eigenvalue weighted by molar-refractivity contribution is 5.96. The molecule has 2 rings (SSSR count). The minimum atomic E-state index is -0.774. The SMILES string of the molecule is CC1CCCC(CC(=O)c2ccc(F)cc2F)N1. The lowest BCUT2D eigenvalue weighted by Gasteiger charge is -2.28. The second kappa shape index (κ2) is 5.57. The summed E-state index contributed by atoms with van der Waals surface area (Å²) in [7, 11) is 0. The first-order valence-electron chi connectivity index (χ1n) is 6.30. The molecule has 0 radical (unpaired) electrons. The van der Waals surface area contributed by atoms with Crippen LogP contribution in [-0.2, 0) is 0 Å². The summed E-state index contributed by atoms with van der Waals surface area (Å²) >= 11 is 0. The highest BCUT2D eigenvalue weighted by Gasteiger charge is 2.22. The fourth-order valence-corrected chi connectivity index (χ4v) is 2.45. The van der Waals surface area contributed by atoms with E-state index in [4.69, 9.17) is 0 Å². The van der Waals surface area contributed by atoms with Gasteiger partial charge in [0.25, 0.3) is 0 Å². The molecule has 1 aromatic carbocycles. The van der Waals surface area contributed by atoms with E-state index in [1.165, 1.54) is 6.07 Å². The van der Waals surface area contributed by atoms with Crippen molar-refractivity contribution in [2.45, 2.75) is 44.7 Å². The lowest BCUT2D eigenvalue weighted by atomic mass is 9.94. The van der Waals surface area contributed by atoms with Gasteiger partial charge in [0.1, 0.15) is 11.6 Å². The van der Waals surface area contributed by atoms with E-state index in [0.29, 0.717) is 6.04 Å². The third-order valence-corrected chi connectivity index (χ3v) is 3.37. The molecule has 1 fully saturated rings. The Labute approximate surface area is 105 Å². The molecule has 1 N–H and O–H groups in total. The number of hydrogen-bond acceptors (Lipinski definition) is 2. The minimum absolute atomic E-state index is 0.0172. The van der Waals surface area contributed by atoms with Crippen molar-refractivity contribution in [3.05, 3.63) is 35.4 Å². The molecule has 2 unspecified atom stereocenters. The van der Waals surface area contributed by atoms with E-state index < -0.39 is 11.6 Å². The van der Waals surface area contributed by atoms with Gasteiger partial charge in [-0.25, -0.2) is 8.78 Å². The van der Waals surface area contributed by atoms with Gasteiger partial charge in [-0.1, -0.05) is 6.42 Å². The Morgan fingerprint density at radius 1 is 1.39 bits per heavy atom. The number of piperidine rings is 1. The maximum absolute atomic E-state index is 13.5. The van der Waals surface area contributed by atoms with Crippen LogP contribution in [0.15, 0.2) is 18.2 Å². The van der Waals surface area contributed by atoms with Crippen LogP contribution in [0.5, 0.6) is 0 Å². The van der Waals surface area contributed by atoms with Gasteiger partial charge in [0, 0.05) is 24.6 Å². The Morgan fingerprint density at radius 3 is 2.83 bits per heavy atom. The second-order valence-electron chi connectivity index (χ2n) is 4.95. The Balaban J connectivity index is 2.03. The number of hydrogen-bond donors (Lipinski definition) is 1. The van der Waals surface area contributed by atoms with Gasteiger partial charge < -0.3 is 5.32 Å². The van der Waals surface area contributed by atoms with E-state index in [1.807, 2.05) is 0 Å². The predicted molar refractivity (Wildman–Crippen MR) is 65.5 cm³/mol. The number of rotatable bonds is 3. The summed E-state index contributed by atoms with van der Waals surface area (Å²) in [6, 6.07) is 3.59. The van der Waals surface area contributed by atoms with Crippen LogP contribution in [0, 0.1) is 11.6 Å². The molecular weight excluding hydrogens is 236 g/mol. The van der Waals surface area contributed by atoms with E-state index >= 15 is 0 Å². The highest BCUT2D eigenvalue weighted by atomic mass is 19.1. The fraction of sp³-hybridized carbons (Fsp3) is 0.500. The van der Waals surface area contributed by atoms with Gasteiger partial charge in [0.2, 0.25) is 0 Å². The Bertz CT molecular complexity index is 447. The molecule has 2 atom stereocenters. The molecule has 0 amide bonds. The summed E-state index contributed by atoms with van der Waals surface area (Å²) in [5.74, 6) is -1.70. The zero-order valence-corrected chi connectivity index (χ0v) is 10.4. The third kappa shape index (κ3) is 3.13. The van der Waals surface area contributed by atoms with Gasteiger partial charge in [0.15, 0.2) is 5.78 Å². The standard InChI is InChI=1S/C14H17F2NO/c1-9-3-2-4-11(17-9)8-14(18)12-6-5-10(15)7-13(12)16/h5-7,9,11,17H,2-4,8H2,1H3. The van der Waals surface area contributed by atoms with Crippen LogP contribution < -0.4 is 5.32 Å². The largest absolute Gasteiger partial charge is 0.311 e. The topological polar surface area (TPSA) is 29.1 Å². The molecule has 1 aromatic rings. The first kappa shape index (κ1) is 13.1. The van der Waals surface area contributed by atoms with Gasteiger partial charge in [-0.2, -0.15) is 0 Å². The number of halogens is 2. The molecule has 1 saturated heterocycles. The number of benzene rings is 1. The van der Waals surface area contributed by atoms with Crippen molar-refractivity contribution in [3.63, 3.8) is 0 Å². The Hall–Kier alpha value is -1.29. The predicted octanol–water partition coefficient (Wildman–Crippen LogP) is 3.07. The Morgan fingerprint density at radius 2 is 2.17 bits per heavy atom. The Kier molecular flexibility index (Phi) is 4.07. The van der Waals surface area contributed by atoms with E-state index in [-0.39, 0.29) is 23.8 Å². The fourth-order valence-electron chi connectivity index (χ4n) is 2.45. The summed E-state index contributed by atoms with van der Waals surface area (Å²) in [6.07, 6.45) is 3.39. The first-order valence-corrected chi connectivity index (χ1v) is 6.30. The van der Waals surface area contributed by atoms with E-state index in [0.717, 1.165) is 31.4 Å². The summed E-state index contributed by atoms with van der Waals surface area (Å²) in [6.45, 7) is 2.08. The molecule has 1 heterocycles. The van der Waals surface area contributed by atoms with Crippen LogP contribution in [0.1, 0.15) is 43.0 Å². The summed E-state index contributed by atoms with van der Waals surface area (Å²) < 4.78 is 26.2. The van der Waals surface area contributed by atoms with Crippen LogP contribution in [0.4, 0.5) is 8.78 Å². The molecule has 18 heavy (non-hydrogen) atoms. The van der Waals surface area contributed by atoms with Gasteiger partial charge >= 0.3 is 0 Å². The van der Waals surface area contributed by atoms with Crippen molar-refractivity contribution in [2.75, 3.05) is 0 Å². The molecule has 1 aliphatic rings. The third-order valence-electron chi connectivity index (χ3n) is 3.37. The van der Waals surface area contributed by atoms with Crippen molar-refractivity contribution in [1.29, 1.82) is 0 Å². The van der Waals surface area contributed by atoms with Crippen LogP contribution >= 0.6 is 0 Å². The zero-order valence-electron chi connectivity index (χ0n) is 10.4. The maximum Gasteiger partial charge on any atom is 0.167 e. The lowest BCUT2D eigenvalue weighted by Crippen LogP contribution is -2.41. The molecule has 0 saturated carbocycles. The van der Waals surface area contributed by atoms with Crippen LogP contribution in [-0.4, -0.2) is 17.9 Å². The number of carbonyl (C=O) groups is 1. The van der Waals surface area contributed by atoms with E-state index in [2.05, 4.69) is 12.2 Å². The smallest absolute Gasteiger partial charge is 0.167 e. The normalized spacial score (nSPS) is 23.9. The minimum Gasteiger partial charge on any atom is -0.311 e. The van der Waals surface area contributed by atoms with E-state index in [9.17, 15) is 13.6 Å². The average molecular weight is 253 g/mol. The van der Waals surface area contributed by atoms with Crippen molar-refractivity contribution < 1.29 is 13.6 Å². The number of ketones is 1. The van der Waals surface area contributed by atoms with Gasteiger partial charge in [-0.05, 0) is 31.9 Å². The van der Waals surface area contributed by atoms with Crippen LogP contribution in [0.25, 0.3) is 0 Å². The van der Waals surface area contributed by atoms with Gasteiger partial charge in [0.05, 0.1) is 5.56 Å². The van der Waals surface area contributed by atoms with Gasteiger partial charge in [-0.15, -0.1) is 0 Å². The molecular formula is C14H17F2NO. The van der Waals surface area contributed by atoms with Crippen molar-refractivity contribution in [2.24, 2.45) is 0 Å². The molecule has 4 heteroatoms. The van der Waals surface area contributed by atoms with Gasteiger partial charge in [-0.3, -0.25) is 4.79 Å². The first-order chi connectivity index (χ1) is 8.56. The van der Waals surface area contributed by atoms with Crippen molar-refractivity contribution >= 4 is 5.78 Å². The summed E-state index contributed by atoms with van der Waals surface area (Å²) in [5.41, 5.74) is -0.0172. The van der Waals surface area contributed by atoms with E-state index in [1.54, 1.807) is 0 Å². The molecule has 1 aliphatic heterocycles. The maximum atomic E-state index is 13.5. The molecule has 2 nitrogen and oxygen atoms in total. The lowest BCUT2D eigenvalue weighted by molar-refractivity contribution is 0.0956. The summed E-state index contributed by atoms with van der Waals surface area (Å²) in [4.78, 5) is 11.9. The van der Waals surface area contributed by atoms with Crippen LogP contribution in [0.2, 0.25) is 0 Å².